The summed E-state index contributed by atoms with van der Waals surface area (Å²) in [5, 5.41) is 11.2. The quantitative estimate of drug-likeness (QED) is 0.387. The van der Waals surface area contributed by atoms with Crippen LogP contribution < -0.4 is 4.90 Å². The molecule has 1 aliphatic rings. The maximum Gasteiger partial charge on any atom is 0.410 e. The zero-order valence-electron chi connectivity index (χ0n) is 20.9. The number of aryl methyl sites for hydroxylation is 1. The Balaban J connectivity index is 1.80. The van der Waals surface area contributed by atoms with Gasteiger partial charge in [-0.2, -0.15) is 5.26 Å². The molecule has 3 aromatic rings. The number of likely N-dealkylation sites (tertiary alicyclic amines) is 1. The first-order valence-electron chi connectivity index (χ1n) is 11.9. The van der Waals surface area contributed by atoms with E-state index in [-0.39, 0.29) is 18.0 Å². The Bertz CT molecular complexity index is 1350. The number of rotatable bonds is 3. The van der Waals surface area contributed by atoms with Crippen molar-refractivity contribution in [1.82, 2.24) is 9.88 Å². The zero-order valence-corrected chi connectivity index (χ0v) is 22.5. The summed E-state index contributed by atoms with van der Waals surface area (Å²) in [6, 6.07) is 14.7. The molecule has 8 heteroatoms. The molecule has 1 fully saturated rings. The maximum absolute atomic E-state index is 14.1. The van der Waals surface area contributed by atoms with Crippen LogP contribution in [0.3, 0.4) is 0 Å². The van der Waals surface area contributed by atoms with Gasteiger partial charge in [-0.15, -0.1) is 0 Å². The van der Waals surface area contributed by atoms with E-state index in [2.05, 4.69) is 27.0 Å². The first-order chi connectivity index (χ1) is 17.1. The number of fused-ring (bicyclic) bond motifs is 1. The van der Waals surface area contributed by atoms with Crippen LogP contribution in [0.4, 0.5) is 10.6 Å². The molecule has 7 nitrogen and oxygen atoms in total. The summed E-state index contributed by atoms with van der Waals surface area (Å²) in [6.07, 6.45) is 2.77. The zero-order chi connectivity index (χ0) is 26.0. The maximum atomic E-state index is 14.1. The van der Waals surface area contributed by atoms with Crippen molar-refractivity contribution in [2.75, 3.05) is 18.0 Å². The van der Waals surface area contributed by atoms with Gasteiger partial charge < -0.3 is 9.64 Å². The monoisotopic (exact) mass is 548 g/mol. The first kappa shape index (κ1) is 25.6. The van der Waals surface area contributed by atoms with Crippen molar-refractivity contribution >= 4 is 44.5 Å². The Morgan fingerprint density at radius 2 is 2.00 bits per heavy atom. The second-order valence-electron chi connectivity index (χ2n) is 10.0. The van der Waals surface area contributed by atoms with Crippen molar-refractivity contribution in [3.63, 3.8) is 0 Å². The Morgan fingerprint density at radius 1 is 1.22 bits per heavy atom. The summed E-state index contributed by atoms with van der Waals surface area (Å²) in [5.74, 6) is 0.326. The molecule has 36 heavy (non-hydrogen) atoms. The average molecular weight is 549 g/mol. The Labute approximate surface area is 219 Å². The predicted octanol–water partition coefficient (Wildman–Crippen LogP) is 6.22. The number of nitriles is 1. The number of anilines is 1. The van der Waals surface area contributed by atoms with E-state index in [4.69, 9.17) is 4.74 Å². The van der Waals surface area contributed by atoms with Crippen molar-refractivity contribution in [3.05, 3.63) is 69.8 Å². The predicted molar refractivity (Wildman–Crippen MR) is 143 cm³/mol. The highest BCUT2D eigenvalue weighted by Gasteiger charge is 2.35. The van der Waals surface area contributed by atoms with Gasteiger partial charge in [0, 0.05) is 34.7 Å². The van der Waals surface area contributed by atoms with Gasteiger partial charge in [0.2, 0.25) is 0 Å². The summed E-state index contributed by atoms with van der Waals surface area (Å²) in [7, 11) is 0. The highest BCUT2D eigenvalue weighted by molar-refractivity contribution is 9.10. The number of benzene rings is 2. The molecule has 2 amide bonds. The number of hydrogen-bond acceptors (Lipinski definition) is 5. The van der Waals surface area contributed by atoms with E-state index in [0.717, 1.165) is 22.8 Å². The summed E-state index contributed by atoms with van der Waals surface area (Å²) >= 11 is 3.41. The van der Waals surface area contributed by atoms with Crippen molar-refractivity contribution < 1.29 is 14.3 Å². The molecule has 0 unspecified atom stereocenters. The molecule has 4 rings (SSSR count). The number of halogens is 1. The fourth-order valence-electron chi connectivity index (χ4n) is 4.54. The third-order valence-corrected chi connectivity index (χ3v) is 6.83. The Hall–Kier alpha value is -3.44. The Morgan fingerprint density at radius 3 is 2.69 bits per heavy atom. The van der Waals surface area contributed by atoms with Crippen LogP contribution in [0.1, 0.15) is 55.1 Å². The lowest BCUT2D eigenvalue weighted by molar-refractivity contribution is 0.0196. The molecule has 1 aliphatic heterocycles. The second kappa shape index (κ2) is 10.3. The second-order valence-corrected chi connectivity index (χ2v) is 10.9. The molecule has 0 N–H and O–H groups in total. The lowest BCUT2D eigenvalue weighted by Gasteiger charge is -2.39. The van der Waals surface area contributed by atoms with Gasteiger partial charge in [0.25, 0.3) is 5.91 Å². The van der Waals surface area contributed by atoms with Crippen molar-refractivity contribution in [3.8, 4) is 6.07 Å². The van der Waals surface area contributed by atoms with Crippen molar-refractivity contribution in [1.29, 1.82) is 5.26 Å². The fraction of sp³-hybridized carbons (Fsp3) is 0.357. The van der Waals surface area contributed by atoms with Gasteiger partial charge in [-0.1, -0.05) is 18.2 Å². The minimum atomic E-state index is -0.609. The fourth-order valence-corrected chi connectivity index (χ4v) is 5.01. The molecule has 0 spiro atoms. The minimum Gasteiger partial charge on any atom is -0.444 e. The van der Waals surface area contributed by atoms with Gasteiger partial charge in [-0.05, 0) is 91.7 Å². The van der Waals surface area contributed by atoms with Gasteiger partial charge >= 0.3 is 6.09 Å². The molecule has 0 aliphatic carbocycles. The molecule has 0 saturated carbocycles. The van der Waals surface area contributed by atoms with Gasteiger partial charge in [0.05, 0.1) is 11.6 Å². The molecular weight excluding hydrogens is 520 g/mol. The third-order valence-electron chi connectivity index (χ3n) is 6.18. The molecule has 186 valence electrons. The van der Waals surface area contributed by atoms with Crippen LogP contribution in [0.5, 0.6) is 0 Å². The SMILES string of the molecule is Cc1cccc2ccnc(N(C(=O)c3ccc(C#N)c(Br)c3)[C@@H]3CCCN(C(=O)OC(C)(C)C)C3)c12. The topological polar surface area (TPSA) is 86.5 Å². The standard InChI is InChI=1S/C28H29BrN4O3/c1-18-7-5-8-19-12-13-31-25(24(18)19)33(26(34)20-10-11-21(16-30)23(29)15-20)22-9-6-14-32(17-22)27(35)36-28(2,3)4/h5,7-8,10-13,15,22H,6,9,14,17H2,1-4H3/t22-/m1/s1. The van der Waals surface area contributed by atoms with Crippen LogP contribution in [0.25, 0.3) is 10.8 Å². The molecule has 1 saturated heterocycles. The van der Waals surface area contributed by atoms with Crippen LogP contribution in [-0.4, -0.2) is 46.6 Å². The molecular formula is C28H29BrN4O3. The highest BCUT2D eigenvalue weighted by Crippen LogP contribution is 2.33. The van der Waals surface area contributed by atoms with E-state index >= 15 is 0 Å². The first-order valence-corrected chi connectivity index (χ1v) is 12.7. The van der Waals surface area contributed by atoms with Crippen molar-refractivity contribution in [2.24, 2.45) is 0 Å². The number of amides is 2. The van der Waals surface area contributed by atoms with Gasteiger partial charge in [-0.3, -0.25) is 9.69 Å². The molecule has 1 atom stereocenters. The number of pyridine rings is 1. The van der Waals surface area contributed by atoms with Crippen LogP contribution in [-0.2, 0) is 4.74 Å². The van der Waals surface area contributed by atoms with Gasteiger partial charge in [-0.25, -0.2) is 9.78 Å². The van der Waals surface area contributed by atoms with Crippen molar-refractivity contribution in [2.45, 2.75) is 52.2 Å². The van der Waals surface area contributed by atoms with E-state index in [1.54, 1.807) is 34.2 Å². The van der Waals surface area contributed by atoms with E-state index in [0.29, 0.717) is 40.9 Å². The lowest BCUT2D eigenvalue weighted by Crippen LogP contribution is -2.53. The molecule has 2 heterocycles. The van der Waals surface area contributed by atoms with Crippen LogP contribution in [0.2, 0.25) is 0 Å². The van der Waals surface area contributed by atoms with Crippen LogP contribution in [0, 0.1) is 18.3 Å². The normalized spacial score (nSPS) is 15.9. The smallest absolute Gasteiger partial charge is 0.410 e. The molecule has 0 radical (unpaired) electrons. The number of nitrogens with zero attached hydrogens (tertiary/aromatic N) is 4. The van der Waals surface area contributed by atoms with Crippen LogP contribution in [0.15, 0.2) is 53.1 Å². The average Bonchev–Trinajstić information content (AvgIpc) is 2.83. The minimum absolute atomic E-state index is 0.237. The van der Waals surface area contributed by atoms with Gasteiger partial charge in [0.15, 0.2) is 0 Å². The largest absolute Gasteiger partial charge is 0.444 e. The highest BCUT2D eigenvalue weighted by atomic mass is 79.9. The number of carbonyl (C=O) groups is 2. The number of ether oxygens (including phenoxy) is 1. The summed E-state index contributed by atoms with van der Waals surface area (Å²) in [6.45, 7) is 8.43. The lowest BCUT2D eigenvalue weighted by atomic mass is 10.00. The van der Waals surface area contributed by atoms with Gasteiger partial charge in [0.1, 0.15) is 17.5 Å². The third kappa shape index (κ3) is 5.36. The molecule has 1 aromatic heterocycles. The molecule has 2 aromatic carbocycles. The molecule has 0 bridgehead atoms. The van der Waals surface area contributed by atoms with E-state index in [9.17, 15) is 14.9 Å². The van der Waals surface area contributed by atoms with Crippen LogP contribution >= 0.6 is 15.9 Å². The number of carbonyl (C=O) groups excluding carboxylic acids is 2. The van der Waals surface area contributed by atoms with E-state index in [1.807, 2.05) is 52.0 Å². The van der Waals surface area contributed by atoms with E-state index < -0.39 is 5.60 Å². The number of aromatic nitrogens is 1. The summed E-state index contributed by atoms with van der Waals surface area (Å²) < 4.78 is 6.17. The number of hydrogen-bond donors (Lipinski definition) is 0. The number of piperidine rings is 1. The van der Waals surface area contributed by atoms with E-state index in [1.165, 1.54) is 0 Å². The Kier molecular flexibility index (Phi) is 7.32. The summed E-state index contributed by atoms with van der Waals surface area (Å²) in [4.78, 5) is 35.1. The summed E-state index contributed by atoms with van der Waals surface area (Å²) in [5.41, 5.74) is 1.28.